The number of rotatable bonds is 6. The minimum Gasteiger partial charge on any atom is -0.480 e. The molecule has 1 rings (SSSR count). The molecule has 118 valence electrons. The highest BCUT2D eigenvalue weighted by Gasteiger charge is 2.36. The van der Waals surface area contributed by atoms with Gasteiger partial charge in [0.05, 0.1) is 0 Å². The molecule has 0 saturated carbocycles. The van der Waals surface area contributed by atoms with Crippen molar-refractivity contribution in [3.8, 4) is 0 Å². The van der Waals surface area contributed by atoms with Crippen molar-refractivity contribution < 1.29 is 28.9 Å². The van der Waals surface area contributed by atoms with Gasteiger partial charge in [0.2, 0.25) is 0 Å². The fourth-order valence-electron chi connectivity index (χ4n) is 1.65. The van der Waals surface area contributed by atoms with E-state index in [9.17, 15) is 9.59 Å². The summed E-state index contributed by atoms with van der Waals surface area (Å²) in [5, 5.41) is 11.7. The minimum atomic E-state index is -1.50. The second-order valence-electron chi connectivity index (χ2n) is 4.03. The number of aliphatic carboxylic acids is 1. The summed E-state index contributed by atoms with van der Waals surface area (Å²) in [5.74, 6) is -0.737. The molecule has 0 radical (unpaired) electrons. The number of hydrogen-bond acceptors (Lipinski definition) is 7. The van der Waals surface area contributed by atoms with Gasteiger partial charge in [-0.3, -0.25) is 14.2 Å². The van der Waals surface area contributed by atoms with Gasteiger partial charge >= 0.3 is 11.9 Å². The zero-order chi connectivity index (χ0) is 15.5. The van der Waals surface area contributed by atoms with Crippen LogP contribution in [0.4, 0.5) is 0 Å². The van der Waals surface area contributed by atoms with Crippen LogP contribution < -0.4 is 11.1 Å². The summed E-state index contributed by atoms with van der Waals surface area (Å²) in [6, 6.07) is -1.48. The third kappa shape index (κ3) is 7.25. The summed E-state index contributed by atoms with van der Waals surface area (Å²) in [6.45, 7) is 0.537. The van der Waals surface area contributed by atoms with E-state index < -0.39 is 38.8 Å². The van der Waals surface area contributed by atoms with E-state index in [1.807, 2.05) is 6.26 Å². The molecule has 20 heavy (non-hydrogen) atoms. The van der Waals surface area contributed by atoms with Crippen LogP contribution in [0.2, 0.25) is 0 Å². The predicted octanol–water partition coefficient (Wildman–Crippen LogP) is -0.925. The molecule has 1 heterocycles. The fourth-order valence-corrected chi connectivity index (χ4v) is 2.14. The van der Waals surface area contributed by atoms with Gasteiger partial charge in [-0.1, -0.05) is 0 Å². The molecule has 8 nitrogen and oxygen atoms in total. The van der Waals surface area contributed by atoms with Crippen molar-refractivity contribution in [2.24, 2.45) is 5.73 Å². The number of carbonyl (C=O) groups excluding carboxylic acids is 1. The van der Waals surface area contributed by atoms with Gasteiger partial charge in [0.25, 0.3) is 0 Å². The fraction of sp³-hybridized carbons (Fsp3) is 0.800. The van der Waals surface area contributed by atoms with Crippen LogP contribution in [0.1, 0.15) is 12.8 Å². The Hall–Kier alpha value is -0.600. The molecule has 4 atom stereocenters. The Kier molecular flexibility index (Phi) is 10.8. The number of nitrogens with one attached hydrogen (secondary N) is 1. The van der Waals surface area contributed by atoms with Crippen LogP contribution in [-0.2, 0) is 18.9 Å². The standard InChI is InChI=1S/C10H18N2O4S.H3O2P/c1-17-5-3-6(11)10(15)16-7-2-4-12-8(7)9(13)14;1-3-2/h6-8,12H,2-5,11H2,1H3,(H,13,14);3H2,(H,1,2)/t6-,7?,8-;/m0./s1. The average Bonchev–Trinajstić information content (AvgIpc) is 2.85. The Bertz CT molecular complexity index is 333. The summed E-state index contributed by atoms with van der Waals surface area (Å²) in [4.78, 5) is 29.5. The van der Waals surface area contributed by atoms with Gasteiger partial charge in [0.1, 0.15) is 18.2 Å². The minimum absolute atomic E-state index is 0.512. The molecule has 0 aromatic heterocycles. The lowest BCUT2D eigenvalue weighted by atomic mass is 10.1. The van der Waals surface area contributed by atoms with Crippen LogP contribution in [0.5, 0.6) is 0 Å². The Balaban J connectivity index is 0.00000110. The van der Waals surface area contributed by atoms with Gasteiger partial charge in [-0.25, -0.2) is 0 Å². The van der Waals surface area contributed by atoms with Crippen LogP contribution in [-0.4, -0.2) is 58.7 Å². The van der Waals surface area contributed by atoms with Crippen LogP contribution in [0.25, 0.3) is 0 Å². The maximum Gasteiger partial charge on any atom is 0.324 e. The van der Waals surface area contributed by atoms with Gasteiger partial charge in [0, 0.05) is 0 Å². The molecule has 1 aliphatic heterocycles. The molecule has 1 fully saturated rings. The van der Waals surface area contributed by atoms with Crippen molar-refractivity contribution in [3.63, 3.8) is 0 Å². The molecule has 0 aromatic rings. The first-order valence-electron chi connectivity index (χ1n) is 5.97. The van der Waals surface area contributed by atoms with E-state index in [1.54, 1.807) is 11.8 Å². The third-order valence-electron chi connectivity index (χ3n) is 2.63. The summed E-state index contributed by atoms with van der Waals surface area (Å²) < 4.78 is 13.7. The molecule has 5 N–H and O–H groups in total. The SMILES string of the molecule is CSCC[C@H](N)C(=O)OC1CCN[C@@H]1C(=O)O.O=[PH2]O. The number of nitrogens with two attached hydrogens (primary N) is 1. The summed E-state index contributed by atoms with van der Waals surface area (Å²) in [7, 11) is -1.50. The van der Waals surface area contributed by atoms with Crippen molar-refractivity contribution in [1.29, 1.82) is 0 Å². The second kappa shape index (κ2) is 11.1. The number of carboxylic acid groups (broad SMARTS) is 1. The quantitative estimate of drug-likeness (QED) is 0.360. The van der Waals surface area contributed by atoms with Crippen molar-refractivity contribution in [2.45, 2.75) is 31.0 Å². The normalized spacial score (nSPS) is 23.1. The van der Waals surface area contributed by atoms with E-state index in [1.165, 1.54) is 0 Å². The van der Waals surface area contributed by atoms with Gasteiger partial charge in [-0.2, -0.15) is 11.8 Å². The van der Waals surface area contributed by atoms with E-state index in [0.29, 0.717) is 19.4 Å². The molecule has 0 aliphatic carbocycles. The lowest BCUT2D eigenvalue weighted by Gasteiger charge is -2.18. The molecule has 10 heteroatoms. The molecule has 2 unspecified atom stereocenters. The largest absolute Gasteiger partial charge is 0.480 e. The van der Waals surface area contributed by atoms with Gasteiger partial charge in [-0.15, -0.1) is 0 Å². The molecule has 1 saturated heterocycles. The molecular weight excluding hydrogens is 307 g/mol. The monoisotopic (exact) mass is 328 g/mol. The molecule has 0 bridgehead atoms. The van der Waals surface area contributed by atoms with Crippen LogP contribution in [0.15, 0.2) is 0 Å². The number of esters is 1. The number of carboxylic acids is 1. The first-order chi connectivity index (χ1) is 9.47. The van der Waals surface area contributed by atoms with E-state index in [-0.39, 0.29) is 0 Å². The lowest BCUT2D eigenvalue weighted by Crippen LogP contribution is -2.43. The lowest BCUT2D eigenvalue weighted by molar-refractivity contribution is -0.155. The van der Waals surface area contributed by atoms with E-state index in [4.69, 9.17) is 25.0 Å². The van der Waals surface area contributed by atoms with Crippen LogP contribution in [0.3, 0.4) is 0 Å². The van der Waals surface area contributed by atoms with Crippen molar-refractivity contribution in [3.05, 3.63) is 0 Å². The second-order valence-corrected chi connectivity index (χ2v) is 5.22. The highest BCUT2D eigenvalue weighted by Crippen LogP contribution is 2.13. The Morgan fingerprint density at radius 3 is 2.70 bits per heavy atom. The van der Waals surface area contributed by atoms with E-state index >= 15 is 0 Å². The Morgan fingerprint density at radius 1 is 1.60 bits per heavy atom. The number of thioether (sulfide) groups is 1. The summed E-state index contributed by atoms with van der Waals surface area (Å²) >= 11 is 1.60. The Labute approximate surface area is 122 Å². The zero-order valence-electron chi connectivity index (χ0n) is 11.2. The topological polar surface area (TPSA) is 139 Å². The van der Waals surface area contributed by atoms with Gasteiger partial charge < -0.3 is 25.8 Å². The molecular formula is C10H21N2O6PS. The van der Waals surface area contributed by atoms with E-state index in [0.717, 1.165) is 5.75 Å². The molecule has 0 amide bonds. The first kappa shape index (κ1) is 19.4. The average molecular weight is 328 g/mol. The Morgan fingerprint density at radius 2 is 2.20 bits per heavy atom. The van der Waals surface area contributed by atoms with Crippen molar-refractivity contribution in [2.75, 3.05) is 18.6 Å². The number of hydrogen-bond donors (Lipinski definition) is 4. The smallest absolute Gasteiger partial charge is 0.324 e. The highest BCUT2D eigenvalue weighted by molar-refractivity contribution is 7.98. The van der Waals surface area contributed by atoms with Gasteiger partial charge in [-0.05, 0) is 31.4 Å². The first-order valence-corrected chi connectivity index (χ1v) is 8.35. The van der Waals surface area contributed by atoms with Gasteiger partial charge in [0.15, 0.2) is 8.69 Å². The number of ether oxygens (including phenoxy) is 1. The third-order valence-corrected chi connectivity index (χ3v) is 3.28. The molecule has 0 aromatic carbocycles. The highest BCUT2D eigenvalue weighted by atomic mass is 32.2. The summed E-state index contributed by atoms with van der Waals surface area (Å²) in [5.41, 5.74) is 5.65. The predicted molar refractivity (Wildman–Crippen MR) is 77.5 cm³/mol. The zero-order valence-corrected chi connectivity index (χ0v) is 13.1. The van der Waals surface area contributed by atoms with Crippen LogP contribution >= 0.6 is 20.4 Å². The van der Waals surface area contributed by atoms with Crippen molar-refractivity contribution in [1.82, 2.24) is 5.32 Å². The van der Waals surface area contributed by atoms with Crippen molar-refractivity contribution >= 4 is 32.4 Å². The van der Waals surface area contributed by atoms with Crippen LogP contribution in [0, 0.1) is 0 Å². The maximum absolute atomic E-state index is 11.6. The van der Waals surface area contributed by atoms with E-state index in [2.05, 4.69) is 5.32 Å². The summed E-state index contributed by atoms with van der Waals surface area (Å²) in [6.07, 6.45) is 2.37. The molecule has 1 aliphatic rings. The maximum atomic E-state index is 11.6. The number of carbonyl (C=O) groups is 2. The molecule has 0 spiro atoms.